The van der Waals surface area contributed by atoms with Crippen LogP contribution in [-0.4, -0.2) is 54.1 Å². The molecule has 0 unspecified atom stereocenters. The fraction of sp³-hybridized carbons (Fsp3) is 0.370. The van der Waals surface area contributed by atoms with Crippen LogP contribution in [-0.2, 0) is 6.42 Å². The van der Waals surface area contributed by atoms with E-state index in [4.69, 9.17) is 16.3 Å². The predicted molar refractivity (Wildman–Crippen MR) is 147 cm³/mol. The second kappa shape index (κ2) is 11.6. The smallest absolute Gasteiger partial charge is 0.253 e. The van der Waals surface area contributed by atoms with Gasteiger partial charge in [0.1, 0.15) is 10.8 Å². The van der Waals surface area contributed by atoms with E-state index in [0.717, 1.165) is 24.2 Å². The van der Waals surface area contributed by atoms with E-state index in [2.05, 4.69) is 71.6 Å². The monoisotopic (exact) mass is 510 g/mol. The number of ether oxygens (including phenoxy) is 1. The van der Waals surface area contributed by atoms with Crippen molar-refractivity contribution in [2.45, 2.75) is 39.7 Å². The third-order valence-corrected chi connectivity index (χ3v) is 6.44. The first-order valence-corrected chi connectivity index (χ1v) is 12.2. The number of hydrogen-bond acceptors (Lipinski definition) is 7. The number of rotatable bonds is 9. The maximum Gasteiger partial charge on any atom is 0.253 e. The average Bonchev–Trinajstić information content (AvgIpc) is 2.84. The molecule has 0 aliphatic carbocycles. The molecule has 0 fully saturated rings. The van der Waals surface area contributed by atoms with Crippen LogP contribution < -0.4 is 20.7 Å². The van der Waals surface area contributed by atoms with Crippen LogP contribution in [0.15, 0.2) is 42.6 Å². The lowest BCUT2D eigenvalue weighted by Crippen LogP contribution is -2.39. The highest BCUT2D eigenvalue weighted by atomic mass is 35.5. The third kappa shape index (κ3) is 6.65. The molecule has 3 aromatic rings. The summed E-state index contributed by atoms with van der Waals surface area (Å²) in [5.41, 5.74) is 4.29. The molecule has 0 atom stereocenters. The molecule has 36 heavy (non-hydrogen) atoms. The molecule has 0 radical (unpaired) electrons. The summed E-state index contributed by atoms with van der Waals surface area (Å²) in [6.07, 6.45) is 2.42. The van der Waals surface area contributed by atoms with Gasteiger partial charge in [-0.3, -0.25) is 4.79 Å². The number of amides is 1. The first-order valence-electron chi connectivity index (χ1n) is 11.8. The molecule has 1 heterocycles. The summed E-state index contributed by atoms with van der Waals surface area (Å²) < 4.78 is 5.67. The number of halogens is 1. The summed E-state index contributed by atoms with van der Waals surface area (Å²) in [5.74, 6) is 1.21. The van der Waals surface area contributed by atoms with Gasteiger partial charge in [-0.25, -0.2) is 4.98 Å². The maximum atomic E-state index is 12.2. The molecule has 0 aliphatic rings. The Bertz CT molecular complexity index is 1230. The summed E-state index contributed by atoms with van der Waals surface area (Å²) in [6, 6.07) is 11.2. The van der Waals surface area contributed by atoms with Gasteiger partial charge in [0.25, 0.3) is 5.91 Å². The van der Waals surface area contributed by atoms with Gasteiger partial charge in [0.15, 0.2) is 5.82 Å². The molecule has 3 rings (SSSR count). The van der Waals surface area contributed by atoms with Crippen molar-refractivity contribution in [3.05, 3.63) is 64.3 Å². The number of para-hydroxylation sites is 1. The molecule has 2 aromatic carbocycles. The Morgan fingerprint density at radius 3 is 2.53 bits per heavy atom. The van der Waals surface area contributed by atoms with Gasteiger partial charge < -0.3 is 25.6 Å². The van der Waals surface area contributed by atoms with Crippen LogP contribution in [0.5, 0.6) is 5.75 Å². The second-order valence-corrected chi connectivity index (χ2v) is 9.99. The molecule has 0 saturated heterocycles. The lowest BCUT2D eigenvalue weighted by Gasteiger charge is -2.32. The minimum absolute atomic E-state index is 0.109. The van der Waals surface area contributed by atoms with Gasteiger partial charge in [-0.1, -0.05) is 23.7 Å². The molecule has 3 N–H and O–H groups in total. The lowest BCUT2D eigenvalue weighted by molar-refractivity contribution is 0.0964. The van der Waals surface area contributed by atoms with Gasteiger partial charge in [-0.2, -0.15) is 4.98 Å². The number of carbonyl (C=O) groups is 1. The summed E-state index contributed by atoms with van der Waals surface area (Å²) in [7, 11) is 5.37. The highest BCUT2D eigenvalue weighted by Crippen LogP contribution is 2.32. The van der Waals surface area contributed by atoms with E-state index in [9.17, 15) is 4.79 Å². The zero-order chi connectivity index (χ0) is 26.5. The highest BCUT2D eigenvalue weighted by Gasteiger charge is 2.18. The molecule has 0 aliphatic heterocycles. The van der Waals surface area contributed by atoms with Gasteiger partial charge in [-0.05, 0) is 76.6 Å². The molecule has 0 bridgehead atoms. The topological polar surface area (TPSA) is 91.4 Å². The number of nitrogens with zero attached hydrogens (tertiary/aromatic N) is 3. The van der Waals surface area contributed by atoms with Crippen molar-refractivity contribution in [3.63, 3.8) is 0 Å². The van der Waals surface area contributed by atoms with Gasteiger partial charge in [-0.15, -0.1) is 0 Å². The van der Waals surface area contributed by atoms with Crippen LogP contribution in [0.4, 0.5) is 23.1 Å². The summed E-state index contributed by atoms with van der Waals surface area (Å²) in [5, 5.41) is 9.36. The van der Waals surface area contributed by atoms with Crippen molar-refractivity contribution < 1.29 is 9.53 Å². The van der Waals surface area contributed by atoms with Crippen molar-refractivity contribution >= 4 is 40.6 Å². The quantitative estimate of drug-likeness (QED) is 0.346. The van der Waals surface area contributed by atoms with Crippen LogP contribution in [0.3, 0.4) is 0 Å². The largest absolute Gasteiger partial charge is 0.495 e. The molecule has 9 heteroatoms. The number of nitrogens with one attached hydrogen (secondary N) is 3. The van der Waals surface area contributed by atoms with Gasteiger partial charge in [0.2, 0.25) is 5.95 Å². The molecule has 192 valence electrons. The van der Waals surface area contributed by atoms with E-state index in [-0.39, 0.29) is 11.4 Å². The molecule has 1 amide bonds. The molecule has 0 saturated carbocycles. The molecule has 8 nitrogen and oxygen atoms in total. The van der Waals surface area contributed by atoms with Crippen LogP contribution in [0.2, 0.25) is 5.02 Å². The average molecular weight is 511 g/mol. The normalized spacial score (nSPS) is 11.4. The molecule has 0 spiro atoms. The van der Waals surface area contributed by atoms with E-state index in [1.807, 2.05) is 12.1 Å². The van der Waals surface area contributed by atoms with E-state index >= 15 is 0 Å². The molecular weight excluding hydrogens is 476 g/mol. The number of aryl methyl sites for hydroxylation is 1. The summed E-state index contributed by atoms with van der Waals surface area (Å²) >= 11 is 6.37. The molecule has 1 aromatic heterocycles. The van der Waals surface area contributed by atoms with Gasteiger partial charge >= 0.3 is 0 Å². The minimum atomic E-state index is -0.212. The van der Waals surface area contributed by atoms with Crippen molar-refractivity contribution in [2.24, 2.45) is 0 Å². The van der Waals surface area contributed by atoms with E-state index < -0.39 is 0 Å². The number of methoxy groups -OCH3 is 1. The lowest BCUT2D eigenvalue weighted by atomic mass is 10.0. The van der Waals surface area contributed by atoms with Crippen LogP contribution in [0, 0.1) is 6.92 Å². The molecular formula is C27H35ClN6O2. The van der Waals surface area contributed by atoms with Crippen LogP contribution in [0.1, 0.15) is 42.3 Å². The number of anilines is 4. The Balaban J connectivity index is 1.84. The van der Waals surface area contributed by atoms with Crippen molar-refractivity contribution in [1.29, 1.82) is 0 Å². The Morgan fingerprint density at radius 1 is 1.14 bits per heavy atom. The zero-order valence-electron chi connectivity index (χ0n) is 22.0. The highest BCUT2D eigenvalue weighted by molar-refractivity contribution is 6.33. The van der Waals surface area contributed by atoms with Gasteiger partial charge in [0.05, 0.1) is 30.2 Å². The Hall–Kier alpha value is -3.36. The Kier molecular flexibility index (Phi) is 8.76. The number of benzene rings is 2. The van der Waals surface area contributed by atoms with Crippen molar-refractivity contribution in [3.8, 4) is 5.75 Å². The van der Waals surface area contributed by atoms with E-state index in [1.165, 1.54) is 11.8 Å². The fourth-order valence-corrected chi connectivity index (χ4v) is 3.72. The van der Waals surface area contributed by atoms with E-state index in [0.29, 0.717) is 33.8 Å². The first-order chi connectivity index (χ1) is 17.0. The van der Waals surface area contributed by atoms with Crippen LogP contribution in [0.25, 0.3) is 0 Å². The Labute approximate surface area is 218 Å². The standard InChI is InChI=1S/C27H35ClN6O2/c1-17-14-22(23(36-7)15-18(17)12-13-34(6)27(2,3)4)32-26-30-16-20(28)24(33-26)31-21-11-9-8-10-19(21)25(35)29-5/h8-11,14-16H,12-13H2,1-7H3,(H,29,35)(H2,30,31,32,33). The number of aromatic nitrogens is 2. The van der Waals surface area contributed by atoms with Crippen molar-refractivity contribution in [2.75, 3.05) is 38.4 Å². The minimum Gasteiger partial charge on any atom is -0.495 e. The second-order valence-electron chi connectivity index (χ2n) is 9.59. The zero-order valence-corrected chi connectivity index (χ0v) is 22.7. The van der Waals surface area contributed by atoms with Crippen molar-refractivity contribution in [1.82, 2.24) is 20.2 Å². The maximum absolute atomic E-state index is 12.2. The fourth-order valence-electron chi connectivity index (χ4n) is 3.58. The first kappa shape index (κ1) is 27.2. The third-order valence-electron chi connectivity index (χ3n) is 6.16. The number of likely N-dealkylation sites (N-methyl/N-ethyl adjacent to an activating group) is 1. The number of carbonyl (C=O) groups excluding carboxylic acids is 1. The summed E-state index contributed by atoms with van der Waals surface area (Å²) in [4.78, 5) is 23.4. The Morgan fingerprint density at radius 2 is 1.86 bits per heavy atom. The number of hydrogen-bond donors (Lipinski definition) is 3. The SMILES string of the molecule is CNC(=O)c1ccccc1Nc1nc(Nc2cc(C)c(CCN(C)C(C)(C)C)cc2OC)ncc1Cl. The van der Waals surface area contributed by atoms with Gasteiger partial charge in [0, 0.05) is 19.1 Å². The van der Waals surface area contributed by atoms with E-state index in [1.54, 1.807) is 32.4 Å². The van der Waals surface area contributed by atoms with Crippen LogP contribution >= 0.6 is 11.6 Å². The predicted octanol–water partition coefficient (Wildman–Crippen LogP) is 5.57. The summed E-state index contributed by atoms with van der Waals surface area (Å²) in [6.45, 7) is 9.65.